The lowest BCUT2D eigenvalue weighted by Gasteiger charge is -1.95. The third-order valence-electron chi connectivity index (χ3n) is 1.38. The highest BCUT2D eigenvalue weighted by Gasteiger charge is 1.95. The molecule has 0 atom stereocenters. The fourth-order valence-electron chi connectivity index (χ4n) is 0.951. The molecule has 0 saturated carbocycles. The molecule has 0 saturated heterocycles. The van der Waals surface area contributed by atoms with Crippen molar-refractivity contribution in [2.24, 2.45) is 5.92 Å². The lowest BCUT2D eigenvalue weighted by atomic mass is 10.1. The van der Waals surface area contributed by atoms with Gasteiger partial charge in [0, 0.05) is 18.8 Å². The molecule has 0 aromatic carbocycles. The number of pyridine rings is 1. The minimum atomic E-state index is 0.287. The summed E-state index contributed by atoms with van der Waals surface area (Å²) < 4.78 is 0. The molecule has 1 heterocycles. The van der Waals surface area contributed by atoms with Gasteiger partial charge in [-0.2, -0.15) is 0 Å². The Kier molecular flexibility index (Phi) is 12.4. The van der Waals surface area contributed by atoms with Crippen LogP contribution in [0.5, 0.6) is 0 Å². The molecule has 0 aliphatic carbocycles. The number of hydrogen-bond acceptors (Lipinski definition) is 3. The van der Waals surface area contributed by atoms with E-state index in [-0.39, 0.29) is 5.78 Å². The van der Waals surface area contributed by atoms with E-state index in [1.807, 2.05) is 27.7 Å². The number of rotatable bonds is 2. The number of carbonyl (C=O) groups is 1. The smallest absolute Gasteiger partial charge is 0.130 e. The molecule has 0 amide bonds. The molecule has 1 aromatic rings. The summed E-state index contributed by atoms with van der Waals surface area (Å²) in [6, 6.07) is 3.60. The summed E-state index contributed by atoms with van der Waals surface area (Å²) >= 11 is 0. The van der Waals surface area contributed by atoms with E-state index in [2.05, 4.69) is 4.98 Å². The standard InChI is InChI=1S/C6H12O.C5H6N2.C2H6/c1-5(2)4-6(3)7;6-5-2-1-3-7-4-5;1-2/h5H,4H2,1-3H3;1-4H,6H2;1-2H3. The summed E-state index contributed by atoms with van der Waals surface area (Å²) in [5, 5.41) is 0. The number of nitrogens with two attached hydrogens (primary N) is 1. The van der Waals surface area contributed by atoms with Crippen LogP contribution in [-0.4, -0.2) is 10.8 Å². The van der Waals surface area contributed by atoms with E-state index < -0.39 is 0 Å². The number of anilines is 1. The fraction of sp³-hybridized carbons (Fsp3) is 0.538. The first-order valence-corrected chi connectivity index (χ1v) is 5.67. The molecule has 0 fully saturated rings. The van der Waals surface area contributed by atoms with E-state index in [9.17, 15) is 4.79 Å². The maximum atomic E-state index is 10.3. The zero-order valence-electron chi connectivity index (χ0n) is 11.0. The zero-order valence-corrected chi connectivity index (χ0v) is 11.0. The van der Waals surface area contributed by atoms with Crippen molar-refractivity contribution in [1.29, 1.82) is 0 Å². The summed E-state index contributed by atoms with van der Waals surface area (Å²) in [7, 11) is 0. The lowest BCUT2D eigenvalue weighted by molar-refractivity contribution is -0.117. The Morgan fingerprint density at radius 2 is 2.00 bits per heavy atom. The van der Waals surface area contributed by atoms with E-state index in [0.717, 1.165) is 6.42 Å². The van der Waals surface area contributed by atoms with Crippen LogP contribution in [0.2, 0.25) is 0 Å². The average Bonchev–Trinajstić information content (AvgIpc) is 2.20. The predicted molar refractivity (Wildman–Crippen MR) is 70.1 cm³/mol. The lowest BCUT2D eigenvalue weighted by Crippen LogP contribution is -1.95. The topological polar surface area (TPSA) is 56.0 Å². The molecular weight excluding hydrogens is 200 g/mol. The van der Waals surface area contributed by atoms with Crippen molar-refractivity contribution in [1.82, 2.24) is 4.98 Å². The Hall–Kier alpha value is -1.38. The normalized spacial score (nSPS) is 8.38. The predicted octanol–water partition coefficient (Wildman–Crippen LogP) is 3.31. The van der Waals surface area contributed by atoms with Crippen LogP contribution in [0.3, 0.4) is 0 Å². The van der Waals surface area contributed by atoms with Crippen molar-refractivity contribution in [2.45, 2.75) is 41.0 Å². The second-order valence-corrected chi connectivity index (χ2v) is 3.59. The molecule has 3 heteroatoms. The van der Waals surface area contributed by atoms with Crippen LogP contribution in [0.4, 0.5) is 5.69 Å². The quantitative estimate of drug-likeness (QED) is 0.838. The third-order valence-corrected chi connectivity index (χ3v) is 1.38. The first-order valence-electron chi connectivity index (χ1n) is 5.67. The summed E-state index contributed by atoms with van der Waals surface area (Å²) in [5.74, 6) is 0.813. The molecular formula is C13H24N2O. The van der Waals surface area contributed by atoms with Gasteiger partial charge in [0.05, 0.1) is 5.69 Å². The first kappa shape index (κ1) is 17.0. The SMILES string of the molecule is CC.CC(=O)CC(C)C.Nc1cccnc1. The maximum absolute atomic E-state index is 10.3. The summed E-state index contributed by atoms with van der Waals surface area (Å²) in [4.78, 5) is 14.0. The first-order chi connectivity index (χ1) is 7.52. The molecule has 0 aliphatic heterocycles. The Balaban J connectivity index is 0. The Bertz CT molecular complexity index is 258. The van der Waals surface area contributed by atoms with Crippen LogP contribution >= 0.6 is 0 Å². The van der Waals surface area contributed by atoms with Crippen LogP contribution in [0, 0.1) is 5.92 Å². The van der Waals surface area contributed by atoms with E-state index in [1.165, 1.54) is 0 Å². The van der Waals surface area contributed by atoms with Crippen LogP contribution in [0.1, 0.15) is 41.0 Å². The van der Waals surface area contributed by atoms with Crippen LogP contribution in [0.15, 0.2) is 24.5 Å². The van der Waals surface area contributed by atoms with Crippen molar-refractivity contribution in [3.8, 4) is 0 Å². The van der Waals surface area contributed by atoms with Gasteiger partial charge < -0.3 is 10.5 Å². The van der Waals surface area contributed by atoms with Gasteiger partial charge in [-0.3, -0.25) is 4.98 Å². The molecule has 2 N–H and O–H groups in total. The second kappa shape index (κ2) is 11.7. The monoisotopic (exact) mass is 224 g/mol. The Morgan fingerprint density at radius 1 is 1.44 bits per heavy atom. The van der Waals surface area contributed by atoms with Crippen molar-refractivity contribution in [2.75, 3.05) is 5.73 Å². The molecule has 0 unspecified atom stereocenters. The Morgan fingerprint density at radius 3 is 2.12 bits per heavy atom. The summed E-state index contributed by atoms with van der Waals surface area (Å²) in [5.41, 5.74) is 6.01. The maximum Gasteiger partial charge on any atom is 0.130 e. The summed E-state index contributed by atoms with van der Waals surface area (Å²) in [6.45, 7) is 9.71. The number of nitrogen functional groups attached to an aromatic ring is 1. The highest BCUT2D eigenvalue weighted by molar-refractivity contribution is 5.75. The van der Waals surface area contributed by atoms with Crippen LogP contribution in [0.25, 0.3) is 0 Å². The molecule has 16 heavy (non-hydrogen) atoms. The largest absolute Gasteiger partial charge is 0.397 e. The highest BCUT2D eigenvalue weighted by atomic mass is 16.1. The minimum Gasteiger partial charge on any atom is -0.397 e. The number of ketones is 1. The van der Waals surface area contributed by atoms with E-state index >= 15 is 0 Å². The van der Waals surface area contributed by atoms with Gasteiger partial charge in [-0.15, -0.1) is 0 Å². The van der Waals surface area contributed by atoms with Gasteiger partial charge in [0.25, 0.3) is 0 Å². The average molecular weight is 224 g/mol. The molecule has 0 aliphatic rings. The number of aromatic nitrogens is 1. The van der Waals surface area contributed by atoms with Gasteiger partial charge in [0.15, 0.2) is 0 Å². The van der Waals surface area contributed by atoms with Gasteiger partial charge >= 0.3 is 0 Å². The van der Waals surface area contributed by atoms with Crippen LogP contribution in [-0.2, 0) is 4.79 Å². The molecule has 3 nitrogen and oxygen atoms in total. The number of nitrogens with zero attached hydrogens (tertiary/aromatic N) is 1. The minimum absolute atomic E-state index is 0.287. The van der Waals surface area contributed by atoms with Gasteiger partial charge in [0.2, 0.25) is 0 Å². The van der Waals surface area contributed by atoms with E-state index in [0.29, 0.717) is 11.6 Å². The fourth-order valence-corrected chi connectivity index (χ4v) is 0.951. The van der Waals surface area contributed by atoms with Gasteiger partial charge in [0.1, 0.15) is 5.78 Å². The third kappa shape index (κ3) is 15.1. The molecule has 1 aromatic heterocycles. The number of Topliss-reactive ketones (excluding diaryl/α,β-unsaturated/α-hetero) is 1. The van der Waals surface area contributed by atoms with Crippen molar-refractivity contribution < 1.29 is 4.79 Å². The van der Waals surface area contributed by atoms with Gasteiger partial charge in [-0.1, -0.05) is 27.7 Å². The van der Waals surface area contributed by atoms with E-state index in [1.54, 1.807) is 31.5 Å². The molecule has 0 spiro atoms. The number of carbonyl (C=O) groups excluding carboxylic acids is 1. The van der Waals surface area contributed by atoms with E-state index in [4.69, 9.17) is 5.73 Å². The second-order valence-electron chi connectivity index (χ2n) is 3.59. The molecule has 92 valence electrons. The van der Waals surface area contributed by atoms with Crippen molar-refractivity contribution >= 4 is 11.5 Å². The number of hydrogen-bond donors (Lipinski definition) is 1. The zero-order chi connectivity index (χ0) is 13.0. The van der Waals surface area contributed by atoms with Crippen molar-refractivity contribution in [3.05, 3.63) is 24.5 Å². The Labute approximate surface area is 99.1 Å². The van der Waals surface area contributed by atoms with Crippen molar-refractivity contribution in [3.63, 3.8) is 0 Å². The summed E-state index contributed by atoms with van der Waals surface area (Å²) in [6.07, 6.45) is 4.02. The highest BCUT2D eigenvalue weighted by Crippen LogP contribution is 1.97. The molecule has 0 radical (unpaired) electrons. The molecule has 0 bridgehead atoms. The molecule has 1 rings (SSSR count). The van der Waals surface area contributed by atoms with Gasteiger partial charge in [-0.05, 0) is 25.0 Å². The van der Waals surface area contributed by atoms with Gasteiger partial charge in [-0.25, -0.2) is 0 Å². The van der Waals surface area contributed by atoms with Crippen LogP contribution < -0.4 is 5.73 Å².